The van der Waals surface area contributed by atoms with Crippen molar-refractivity contribution in [2.24, 2.45) is 0 Å². The molecule has 0 atom stereocenters. The fourth-order valence-electron chi connectivity index (χ4n) is 2.46. The number of hydrogen-bond acceptors (Lipinski definition) is 7. The van der Waals surface area contributed by atoms with Crippen molar-refractivity contribution in [2.75, 3.05) is 19.7 Å². The zero-order valence-electron chi connectivity index (χ0n) is 12.6. The van der Waals surface area contributed by atoms with Crippen LogP contribution < -0.4 is 0 Å². The first-order valence-corrected chi connectivity index (χ1v) is 7.45. The van der Waals surface area contributed by atoms with E-state index in [0.29, 0.717) is 49.2 Å². The molecule has 3 aromatic heterocycles. The molecule has 0 saturated carbocycles. The molecule has 1 fully saturated rings. The number of rotatable bonds is 5. The third kappa shape index (κ3) is 2.81. The van der Waals surface area contributed by atoms with E-state index >= 15 is 0 Å². The summed E-state index contributed by atoms with van der Waals surface area (Å²) in [4.78, 5) is 20.3. The Morgan fingerprint density at radius 3 is 3.12 bits per heavy atom. The van der Waals surface area contributed by atoms with E-state index in [9.17, 15) is 4.79 Å². The minimum absolute atomic E-state index is 0.0636. The first kappa shape index (κ1) is 14.6. The molecule has 4 rings (SSSR count). The Kier molecular flexibility index (Phi) is 3.62. The molecule has 1 N–H and O–H groups in total. The standard InChI is InChI=1S/C15H14N4O5/c20-15(21)19-7-10(8-19)22-4-2-13-17-14(18-24-13)12-5-9-6-16-3-1-11(9)23-12/h1,3,5-6,10H,2,4,7-8H2,(H,20,21). The Balaban J connectivity index is 1.33. The number of amides is 1. The molecule has 1 amide bonds. The molecule has 0 spiro atoms. The lowest BCUT2D eigenvalue weighted by atomic mass is 10.2. The zero-order valence-corrected chi connectivity index (χ0v) is 12.6. The Morgan fingerprint density at radius 2 is 2.33 bits per heavy atom. The summed E-state index contributed by atoms with van der Waals surface area (Å²) < 4.78 is 16.4. The smallest absolute Gasteiger partial charge is 0.407 e. The van der Waals surface area contributed by atoms with Gasteiger partial charge >= 0.3 is 6.09 Å². The van der Waals surface area contributed by atoms with E-state index in [-0.39, 0.29) is 6.10 Å². The quantitative estimate of drug-likeness (QED) is 0.753. The summed E-state index contributed by atoms with van der Waals surface area (Å²) in [6, 6.07) is 3.58. The second-order valence-electron chi connectivity index (χ2n) is 5.47. The van der Waals surface area contributed by atoms with Gasteiger partial charge in [-0.3, -0.25) is 4.98 Å². The van der Waals surface area contributed by atoms with Crippen LogP contribution in [0, 0.1) is 0 Å². The second-order valence-corrected chi connectivity index (χ2v) is 5.47. The Labute approximate surface area is 135 Å². The van der Waals surface area contributed by atoms with Gasteiger partial charge in [-0.25, -0.2) is 4.79 Å². The average molecular weight is 330 g/mol. The summed E-state index contributed by atoms with van der Waals surface area (Å²) in [6.07, 6.45) is 2.83. The maximum atomic E-state index is 10.6. The van der Waals surface area contributed by atoms with Gasteiger partial charge in [0, 0.05) is 17.8 Å². The predicted octanol–water partition coefficient (Wildman–Crippen LogP) is 1.80. The highest BCUT2D eigenvalue weighted by atomic mass is 16.5. The molecule has 3 aromatic rings. The molecule has 9 heteroatoms. The van der Waals surface area contributed by atoms with Gasteiger partial charge < -0.3 is 23.7 Å². The normalized spacial score (nSPS) is 14.9. The number of hydrogen-bond donors (Lipinski definition) is 1. The fourth-order valence-corrected chi connectivity index (χ4v) is 2.46. The van der Waals surface area contributed by atoms with Crippen molar-refractivity contribution in [3.05, 3.63) is 30.4 Å². The van der Waals surface area contributed by atoms with E-state index in [4.69, 9.17) is 18.8 Å². The molecule has 0 aromatic carbocycles. The van der Waals surface area contributed by atoms with E-state index in [1.807, 2.05) is 6.07 Å². The minimum atomic E-state index is -0.919. The van der Waals surface area contributed by atoms with Crippen molar-refractivity contribution in [1.29, 1.82) is 0 Å². The summed E-state index contributed by atoms with van der Waals surface area (Å²) in [5.74, 6) is 1.34. The van der Waals surface area contributed by atoms with Crippen LogP contribution in [0.2, 0.25) is 0 Å². The molecule has 0 radical (unpaired) electrons. The Hall–Kier alpha value is -2.94. The van der Waals surface area contributed by atoms with E-state index in [2.05, 4.69) is 15.1 Å². The number of ether oxygens (including phenoxy) is 1. The van der Waals surface area contributed by atoms with Crippen LogP contribution in [0.5, 0.6) is 0 Å². The molecule has 9 nitrogen and oxygen atoms in total. The minimum Gasteiger partial charge on any atom is -0.465 e. The van der Waals surface area contributed by atoms with Crippen LogP contribution in [0.25, 0.3) is 22.6 Å². The van der Waals surface area contributed by atoms with E-state index in [1.54, 1.807) is 18.5 Å². The zero-order chi connectivity index (χ0) is 16.5. The van der Waals surface area contributed by atoms with Crippen LogP contribution in [0.15, 0.2) is 33.5 Å². The van der Waals surface area contributed by atoms with Gasteiger partial charge in [-0.2, -0.15) is 4.98 Å². The first-order valence-electron chi connectivity index (χ1n) is 7.45. The highest BCUT2D eigenvalue weighted by Gasteiger charge is 2.31. The summed E-state index contributed by atoms with van der Waals surface area (Å²) in [7, 11) is 0. The van der Waals surface area contributed by atoms with E-state index in [1.165, 1.54) is 4.90 Å². The molecule has 4 heterocycles. The van der Waals surface area contributed by atoms with E-state index < -0.39 is 6.09 Å². The highest BCUT2D eigenvalue weighted by molar-refractivity contribution is 5.80. The number of nitrogens with zero attached hydrogens (tertiary/aromatic N) is 4. The summed E-state index contributed by atoms with van der Waals surface area (Å²) in [6.45, 7) is 1.19. The van der Waals surface area contributed by atoms with Gasteiger partial charge in [-0.05, 0) is 12.1 Å². The number of aromatic nitrogens is 3. The van der Waals surface area contributed by atoms with Gasteiger partial charge in [0.1, 0.15) is 5.58 Å². The maximum absolute atomic E-state index is 10.6. The third-order valence-corrected chi connectivity index (χ3v) is 3.79. The number of carbonyl (C=O) groups is 1. The first-order chi connectivity index (χ1) is 11.7. The molecule has 24 heavy (non-hydrogen) atoms. The largest absolute Gasteiger partial charge is 0.465 e. The van der Waals surface area contributed by atoms with Gasteiger partial charge in [0.2, 0.25) is 11.7 Å². The number of likely N-dealkylation sites (tertiary alicyclic amines) is 1. The Morgan fingerprint density at radius 1 is 1.46 bits per heavy atom. The average Bonchev–Trinajstić information content (AvgIpc) is 3.15. The lowest BCUT2D eigenvalue weighted by molar-refractivity contribution is -0.0442. The van der Waals surface area contributed by atoms with Crippen LogP contribution in [0.1, 0.15) is 5.89 Å². The van der Waals surface area contributed by atoms with Crippen LogP contribution in [0.4, 0.5) is 4.79 Å². The van der Waals surface area contributed by atoms with E-state index in [0.717, 1.165) is 5.39 Å². The van der Waals surface area contributed by atoms with Crippen molar-refractivity contribution in [3.8, 4) is 11.6 Å². The van der Waals surface area contributed by atoms with Crippen molar-refractivity contribution < 1.29 is 23.6 Å². The number of carboxylic acid groups (broad SMARTS) is 1. The van der Waals surface area contributed by atoms with Crippen LogP contribution in [-0.2, 0) is 11.2 Å². The van der Waals surface area contributed by atoms with Crippen LogP contribution in [0.3, 0.4) is 0 Å². The van der Waals surface area contributed by atoms with Gasteiger partial charge in [0.15, 0.2) is 5.76 Å². The van der Waals surface area contributed by atoms with Crippen molar-refractivity contribution >= 4 is 17.1 Å². The lowest BCUT2D eigenvalue weighted by Crippen LogP contribution is -2.54. The van der Waals surface area contributed by atoms with Gasteiger partial charge in [0.05, 0.1) is 32.2 Å². The van der Waals surface area contributed by atoms with Gasteiger partial charge in [-0.1, -0.05) is 5.16 Å². The molecular formula is C15H14N4O5. The number of pyridine rings is 1. The van der Waals surface area contributed by atoms with Crippen molar-refractivity contribution in [3.63, 3.8) is 0 Å². The topological polar surface area (TPSA) is 115 Å². The SMILES string of the molecule is O=C(O)N1CC(OCCc2nc(-c3cc4cnccc4o3)no2)C1. The fraction of sp³-hybridized carbons (Fsp3) is 0.333. The summed E-state index contributed by atoms with van der Waals surface area (Å²) in [5.41, 5.74) is 0.711. The summed E-state index contributed by atoms with van der Waals surface area (Å²) in [5, 5.41) is 13.5. The third-order valence-electron chi connectivity index (χ3n) is 3.79. The Bertz CT molecular complexity index is 835. The van der Waals surface area contributed by atoms with Gasteiger partial charge in [0.25, 0.3) is 0 Å². The molecule has 1 aliphatic heterocycles. The summed E-state index contributed by atoms with van der Waals surface area (Å²) >= 11 is 0. The van der Waals surface area contributed by atoms with Crippen LogP contribution >= 0.6 is 0 Å². The maximum Gasteiger partial charge on any atom is 0.407 e. The molecule has 1 saturated heterocycles. The molecule has 0 bridgehead atoms. The molecule has 124 valence electrons. The molecule has 0 unspecified atom stereocenters. The molecule has 1 aliphatic rings. The molecular weight excluding hydrogens is 316 g/mol. The predicted molar refractivity (Wildman–Crippen MR) is 80.3 cm³/mol. The highest BCUT2D eigenvalue weighted by Crippen LogP contribution is 2.25. The van der Waals surface area contributed by atoms with Crippen molar-refractivity contribution in [1.82, 2.24) is 20.0 Å². The monoisotopic (exact) mass is 330 g/mol. The number of furan rings is 1. The second kappa shape index (κ2) is 5.93. The van der Waals surface area contributed by atoms with Gasteiger partial charge in [-0.15, -0.1) is 0 Å². The van der Waals surface area contributed by atoms with Crippen molar-refractivity contribution in [2.45, 2.75) is 12.5 Å². The molecule has 0 aliphatic carbocycles. The number of fused-ring (bicyclic) bond motifs is 1. The lowest BCUT2D eigenvalue weighted by Gasteiger charge is -2.36. The van der Waals surface area contributed by atoms with Crippen LogP contribution in [-0.4, -0.2) is 57.0 Å².